The van der Waals surface area contributed by atoms with Gasteiger partial charge >= 0.3 is 0 Å². The van der Waals surface area contributed by atoms with Gasteiger partial charge in [-0.2, -0.15) is 5.26 Å². The highest BCUT2D eigenvalue weighted by molar-refractivity contribution is 5.58. The lowest BCUT2D eigenvalue weighted by Crippen LogP contribution is -2.13. The fraction of sp³-hybridized carbons (Fsp3) is 0.333. The van der Waals surface area contributed by atoms with Crippen molar-refractivity contribution in [3.05, 3.63) is 35.8 Å². The molecule has 0 aromatic carbocycles. The van der Waals surface area contributed by atoms with Crippen molar-refractivity contribution in [3.8, 4) is 17.5 Å². The summed E-state index contributed by atoms with van der Waals surface area (Å²) in [5.41, 5.74) is 2.81. The Kier molecular flexibility index (Phi) is 4.26. The van der Waals surface area contributed by atoms with Gasteiger partial charge in [0, 0.05) is 35.8 Å². The normalized spacial score (nSPS) is 11.7. The molecule has 0 spiro atoms. The molecule has 0 radical (unpaired) electrons. The predicted molar refractivity (Wildman–Crippen MR) is 78.0 cm³/mol. The maximum Gasteiger partial charge on any atom is 0.163 e. The minimum Gasteiger partial charge on any atom is -0.368 e. The fourth-order valence-electron chi connectivity index (χ4n) is 1.72. The van der Waals surface area contributed by atoms with Crippen LogP contribution >= 0.6 is 0 Å². The Morgan fingerprint density at radius 1 is 1.35 bits per heavy atom. The Morgan fingerprint density at radius 2 is 2.15 bits per heavy atom. The zero-order valence-electron chi connectivity index (χ0n) is 11.9. The Morgan fingerprint density at radius 3 is 2.80 bits per heavy atom. The van der Waals surface area contributed by atoms with E-state index in [1.165, 1.54) is 0 Å². The molecule has 0 amide bonds. The van der Waals surface area contributed by atoms with Gasteiger partial charge < -0.3 is 5.32 Å². The van der Waals surface area contributed by atoms with Crippen molar-refractivity contribution in [1.82, 2.24) is 15.0 Å². The molecule has 0 aliphatic heterocycles. The monoisotopic (exact) mass is 267 g/mol. The van der Waals surface area contributed by atoms with Gasteiger partial charge in [0.25, 0.3) is 0 Å². The Bertz CT molecular complexity index is 631. The molecule has 2 aromatic rings. The summed E-state index contributed by atoms with van der Waals surface area (Å²) in [5, 5.41) is 12.1. The number of nitrogens with zero attached hydrogens (tertiary/aromatic N) is 4. The van der Waals surface area contributed by atoms with Gasteiger partial charge in [-0.3, -0.25) is 4.98 Å². The number of pyridine rings is 1. The molecule has 0 fully saturated rings. The van der Waals surface area contributed by atoms with E-state index in [2.05, 4.69) is 26.3 Å². The SMILES string of the molecule is Cc1nc(-c2cccnc2)nc(NCC(C)C#N)c1C. The molecule has 2 rings (SSSR count). The topological polar surface area (TPSA) is 74.5 Å². The van der Waals surface area contributed by atoms with Crippen LogP contribution in [-0.2, 0) is 0 Å². The summed E-state index contributed by atoms with van der Waals surface area (Å²) in [6, 6.07) is 5.99. The van der Waals surface area contributed by atoms with Crippen molar-refractivity contribution in [2.45, 2.75) is 20.8 Å². The molecule has 0 saturated carbocycles. The van der Waals surface area contributed by atoms with Crippen LogP contribution in [0.2, 0.25) is 0 Å². The first-order chi connectivity index (χ1) is 9.61. The molecule has 0 bridgehead atoms. The van der Waals surface area contributed by atoms with E-state index in [4.69, 9.17) is 5.26 Å². The van der Waals surface area contributed by atoms with Crippen molar-refractivity contribution in [3.63, 3.8) is 0 Å². The number of anilines is 1. The molecule has 1 unspecified atom stereocenters. The molecular formula is C15H17N5. The predicted octanol–water partition coefficient (Wildman–Crippen LogP) is 2.73. The maximum absolute atomic E-state index is 8.84. The minimum atomic E-state index is -0.0634. The number of aromatic nitrogens is 3. The summed E-state index contributed by atoms with van der Waals surface area (Å²) in [6.45, 7) is 6.37. The van der Waals surface area contributed by atoms with E-state index in [0.717, 1.165) is 22.6 Å². The lowest BCUT2D eigenvalue weighted by Gasteiger charge is -2.13. The molecular weight excluding hydrogens is 250 g/mol. The first-order valence-electron chi connectivity index (χ1n) is 6.51. The molecule has 5 heteroatoms. The molecule has 0 aliphatic carbocycles. The largest absolute Gasteiger partial charge is 0.368 e. The van der Waals surface area contributed by atoms with E-state index in [0.29, 0.717) is 12.4 Å². The smallest absolute Gasteiger partial charge is 0.163 e. The van der Waals surface area contributed by atoms with E-state index in [1.807, 2.05) is 32.9 Å². The van der Waals surface area contributed by atoms with Crippen LogP contribution in [0.5, 0.6) is 0 Å². The van der Waals surface area contributed by atoms with Crippen molar-refractivity contribution < 1.29 is 0 Å². The molecule has 2 aromatic heterocycles. The first-order valence-corrected chi connectivity index (χ1v) is 6.51. The van der Waals surface area contributed by atoms with Crippen LogP contribution in [0, 0.1) is 31.1 Å². The summed E-state index contributed by atoms with van der Waals surface area (Å²) >= 11 is 0. The molecule has 102 valence electrons. The Hall–Kier alpha value is -2.48. The third kappa shape index (κ3) is 3.09. The number of hydrogen-bond donors (Lipinski definition) is 1. The van der Waals surface area contributed by atoms with Gasteiger partial charge in [-0.05, 0) is 32.9 Å². The standard InChI is InChI=1S/C15H17N5/c1-10(7-16)8-18-14-11(2)12(3)19-15(20-14)13-5-4-6-17-9-13/h4-6,9-10H,8H2,1-3H3,(H,18,19,20). The highest BCUT2D eigenvalue weighted by Crippen LogP contribution is 2.21. The third-order valence-electron chi connectivity index (χ3n) is 3.11. The van der Waals surface area contributed by atoms with Crippen molar-refractivity contribution >= 4 is 5.82 Å². The zero-order chi connectivity index (χ0) is 14.5. The summed E-state index contributed by atoms with van der Waals surface area (Å²) in [4.78, 5) is 13.1. The van der Waals surface area contributed by atoms with E-state index in [1.54, 1.807) is 12.4 Å². The maximum atomic E-state index is 8.84. The number of nitrogens with one attached hydrogen (secondary N) is 1. The molecule has 5 nitrogen and oxygen atoms in total. The van der Waals surface area contributed by atoms with Crippen LogP contribution in [0.3, 0.4) is 0 Å². The van der Waals surface area contributed by atoms with Crippen LogP contribution in [0.4, 0.5) is 5.82 Å². The van der Waals surface area contributed by atoms with Gasteiger partial charge in [-0.1, -0.05) is 0 Å². The average Bonchev–Trinajstić information content (AvgIpc) is 2.49. The number of nitriles is 1. The molecule has 0 aliphatic rings. The van der Waals surface area contributed by atoms with Crippen LogP contribution in [0.1, 0.15) is 18.2 Å². The van der Waals surface area contributed by atoms with E-state index in [9.17, 15) is 0 Å². The lowest BCUT2D eigenvalue weighted by atomic mass is 10.2. The zero-order valence-corrected chi connectivity index (χ0v) is 11.9. The van der Waals surface area contributed by atoms with E-state index < -0.39 is 0 Å². The van der Waals surface area contributed by atoms with Gasteiger partial charge in [-0.15, -0.1) is 0 Å². The fourth-order valence-corrected chi connectivity index (χ4v) is 1.72. The average molecular weight is 267 g/mol. The minimum absolute atomic E-state index is 0.0634. The number of hydrogen-bond acceptors (Lipinski definition) is 5. The summed E-state index contributed by atoms with van der Waals surface area (Å²) in [6.07, 6.45) is 3.46. The van der Waals surface area contributed by atoms with Crippen LogP contribution in [-0.4, -0.2) is 21.5 Å². The second-order valence-corrected chi connectivity index (χ2v) is 4.76. The molecule has 1 N–H and O–H groups in total. The van der Waals surface area contributed by atoms with Crippen molar-refractivity contribution in [2.75, 3.05) is 11.9 Å². The molecule has 1 atom stereocenters. The summed E-state index contributed by atoms with van der Waals surface area (Å²) in [5.74, 6) is 1.36. The Labute approximate surface area is 118 Å². The number of aryl methyl sites for hydroxylation is 1. The summed E-state index contributed by atoms with van der Waals surface area (Å²) in [7, 11) is 0. The van der Waals surface area contributed by atoms with Crippen LogP contribution in [0.15, 0.2) is 24.5 Å². The van der Waals surface area contributed by atoms with Gasteiger partial charge in [0.2, 0.25) is 0 Å². The lowest BCUT2D eigenvalue weighted by molar-refractivity contribution is 0.781. The van der Waals surface area contributed by atoms with Gasteiger partial charge in [0.15, 0.2) is 5.82 Å². The van der Waals surface area contributed by atoms with Crippen molar-refractivity contribution in [1.29, 1.82) is 5.26 Å². The molecule has 20 heavy (non-hydrogen) atoms. The first kappa shape index (κ1) is 13.9. The molecule has 0 saturated heterocycles. The summed E-state index contributed by atoms with van der Waals surface area (Å²) < 4.78 is 0. The second-order valence-electron chi connectivity index (χ2n) is 4.76. The van der Waals surface area contributed by atoms with Gasteiger partial charge in [0.1, 0.15) is 5.82 Å². The van der Waals surface area contributed by atoms with Crippen LogP contribution in [0.25, 0.3) is 11.4 Å². The van der Waals surface area contributed by atoms with E-state index >= 15 is 0 Å². The highest BCUT2D eigenvalue weighted by Gasteiger charge is 2.10. The second kappa shape index (κ2) is 6.11. The van der Waals surface area contributed by atoms with Gasteiger partial charge in [-0.25, -0.2) is 9.97 Å². The van der Waals surface area contributed by atoms with Crippen molar-refractivity contribution in [2.24, 2.45) is 5.92 Å². The quantitative estimate of drug-likeness (QED) is 0.921. The number of rotatable bonds is 4. The Balaban J connectivity index is 2.33. The third-order valence-corrected chi connectivity index (χ3v) is 3.11. The van der Waals surface area contributed by atoms with Crippen LogP contribution < -0.4 is 5.32 Å². The van der Waals surface area contributed by atoms with Gasteiger partial charge in [0.05, 0.1) is 12.0 Å². The van der Waals surface area contributed by atoms with E-state index in [-0.39, 0.29) is 5.92 Å². The highest BCUT2D eigenvalue weighted by atomic mass is 15.0. The molecule has 2 heterocycles.